The Kier molecular flexibility index (Phi) is 6.47. The molecule has 0 atom stereocenters. The molecular weight excluding hydrogens is 338 g/mol. The molecule has 1 heterocycles. The molecule has 1 fully saturated rings. The summed E-state index contributed by atoms with van der Waals surface area (Å²) in [4.78, 5) is 26.6. The van der Waals surface area contributed by atoms with Crippen molar-refractivity contribution in [1.29, 1.82) is 0 Å². The van der Waals surface area contributed by atoms with Gasteiger partial charge in [-0.1, -0.05) is 43.3 Å². The number of hydrogen-bond acceptors (Lipinski definition) is 3. The third kappa shape index (κ3) is 5.58. The van der Waals surface area contributed by atoms with E-state index in [2.05, 4.69) is 17.6 Å². The summed E-state index contributed by atoms with van der Waals surface area (Å²) in [5.74, 6) is 0.677. The second-order valence-electron chi connectivity index (χ2n) is 7.17. The molecule has 3 rings (SSSR count). The lowest BCUT2D eigenvalue weighted by Crippen LogP contribution is -2.37. The van der Waals surface area contributed by atoms with Crippen LogP contribution in [0, 0.1) is 5.92 Å². The van der Waals surface area contributed by atoms with E-state index in [9.17, 15) is 9.59 Å². The van der Waals surface area contributed by atoms with Crippen molar-refractivity contribution < 1.29 is 9.59 Å². The van der Waals surface area contributed by atoms with Crippen LogP contribution in [-0.4, -0.2) is 36.3 Å². The monoisotopic (exact) mass is 365 g/mol. The minimum absolute atomic E-state index is 0.0686. The minimum Gasteiger partial charge on any atom is -0.376 e. The first kappa shape index (κ1) is 19.0. The standard InChI is InChI=1S/C22H27N3O2/c1-17-10-12-25(13-11-17)22(27)19-8-5-9-20(14-19)23-16-21(26)24-15-18-6-3-2-4-7-18/h2-9,14,17,23H,10-13,15-16H2,1H3,(H,24,26). The van der Waals surface area contributed by atoms with Crippen LogP contribution in [0.5, 0.6) is 0 Å². The fourth-order valence-corrected chi connectivity index (χ4v) is 3.20. The summed E-state index contributed by atoms with van der Waals surface area (Å²) in [6.45, 7) is 4.55. The van der Waals surface area contributed by atoms with Crippen LogP contribution in [0.15, 0.2) is 54.6 Å². The van der Waals surface area contributed by atoms with E-state index in [0.717, 1.165) is 37.2 Å². The second kappa shape index (κ2) is 9.21. The molecule has 0 aliphatic carbocycles. The van der Waals surface area contributed by atoms with Crippen LogP contribution in [0.4, 0.5) is 5.69 Å². The number of nitrogens with zero attached hydrogens (tertiary/aromatic N) is 1. The number of carbonyl (C=O) groups excluding carboxylic acids is 2. The number of benzene rings is 2. The number of anilines is 1. The minimum atomic E-state index is -0.0828. The van der Waals surface area contributed by atoms with Crippen molar-refractivity contribution in [3.8, 4) is 0 Å². The molecule has 0 bridgehead atoms. The van der Waals surface area contributed by atoms with Crippen LogP contribution in [0.3, 0.4) is 0 Å². The van der Waals surface area contributed by atoms with Gasteiger partial charge < -0.3 is 15.5 Å². The van der Waals surface area contributed by atoms with Gasteiger partial charge in [-0.15, -0.1) is 0 Å². The van der Waals surface area contributed by atoms with Gasteiger partial charge in [-0.25, -0.2) is 0 Å². The van der Waals surface area contributed by atoms with Crippen LogP contribution in [-0.2, 0) is 11.3 Å². The molecule has 0 unspecified atom stereocenters. The highest BCUT2D eigenvalue weighted by Gasteiger charge is 2.21. The molecule has 5 nitrogen and oxygen atoms in total. The number of piperidine rings is 1. The molecule has 1 aliphatic rings. The van der Waals surface area contributed by atoms with Gasteiger partial charge in [-0.3, -0.25) is 9.59 Å². The van der Waals surface area contributed by atoms with E-state index in [0.29, 0.717) is 18.0 Å². The van der Waals surface area contributed by atoms with E-state index in [4.69, 9.17) is 0 Å². The Morgan fingerprint density at radius 2 is 1.78 bits per heavy atom. The van der Waals surface area contributed by atoms with Crippen molar-refractivity contribution in [2.24, 2.45) is 5.92 Å². The Balaban J connectivity index is 1.50. The summed E-state index contributed by atoms with van der Waals surface area (Å²) < 4.78 is 0. The number of amides is 2. The third-order valence-corrected chi connectivity index (χ3v) is 4.97. The molecule has 0 radical (unpaired) electrons. The molecule has 1 saturated heterocycles. The molecule has 1 aliphatic heterocycles. The summed E-state index contributed by atoms with van der Waals surface area (Å²) in [6, 6.07) is 17.2. The van der Waals surface area contributed by atoms with Gasteiger partial charge in [0.25, 0.3) is 5.91 Å². The highest BCUT2D eigenvalue weighted by molar-refractivity contribution is 5.95. The maximum absolute atomic E-state index is 12.7. The van der Waals surface area contributed by atoms with Crippen LogP contribution in [0.2, 0.25) is 0 Å². The van der Waals surface area contributed by atoms with Crippen molar-refractivity contribution >= 4 is 17.5 Å². The smallest absolute Gasteiger partial charge is 0.253 e. The molecule has 2 amide bonds. The second-order valence-corrected chi connectivity index (χ2v) is 7.17. The molecule has 0 saturated carbocycles. The van der Waals surface area contributed by atoms with E-state index in [1.54, 1.807) is 0 Å². The summed E-state index contributed by atoms with van der Waals surface area (Å²) in [5.41, 5.74) is 2.51. The van der Waals surface area contributed by atoms with E-state index in [1.807, 2.05) is 59.5 Å². The predicted octanol–water partition coefficient (Wildman–Crippen LogP) is 3.29. The van der Waals surface area contributed by atoms with Gasteiger partial charge >= 0.3 is 0 Å². The Morgan fingerprint density at radius 3 is 2.52 bits per heavy atom. The summed E-state index contributed by atoms with van der Waals surface area (Å²) in [7, 11) is 0. The number of hydrogen-bond donors (Lipinski definition) is 2. The number of likely N-dealkylation sites (tertiary alicyclic amines) is 1. The Morgan fingerprint density at radius 1 is 1.04 bits per heavy atom. The number of carbonyl (C=O) groups is 2. The largest absolute Gasteiger partial charge is 0.376 e. The van der Waals surface area contributed by atoms with Crippen molar-refractivity contribution in [2.45, 2.75) is 26.3 Å². The number of rotatable bonds is 6. The first-order valence-electron chi connectivity index (χ1n) is 9.55. The molecule has 5 heteroatoms. The van der Waals surface area contributed by atoms with E-state index >= 15 is 0 Å². The van der Waals surface area contributed by atoms with Crippen LogP contribution >= 0.6 is 0 Å². The molecule has 0 spiro atoms. The number of nitrogens with one attached hydrogen (secondary N) is 2. The van der Waals surface area contributed by atoms with E-state index < -0.39 is 0 Å². The Hall–Kier alpha value is -2.82. The third-order valence-electron chi connectivity index (χ3n) is 4.97. The van der Waals surface area contributed by atoms with Gasteiger partial charge in [0.15, 0.2) is 0 Å². The molecule has 2 N–H and O–H groups in total. The lowest BCUT2D eigenvalue weighted by molar-refractivity contribution is -0.119. The molecule has 2 aromatic carbocycles. The predicted molar refractivity (Wildman–Crippen MR) is 108 cm³/mol. The topological polar surface area (TPSA) is 61.4 Å². The first-order chi connectivity index (χ1) is 13.1. The van der Waals surface area contributed by atoms with Crippen molar-refractivity contribution in [3.05, 3.63) is 65.7 Å². The van der Waals surface area contributed by atoms with Crippen molar-refractivity contribution in [3.63, 3.8) is 0 Å². The highest BCUT2D eigenvalue weighted by Crippen LogP contribution is 2.19. The summed E-state index contributed by atoms with van der Waals surface area (Å²) >= 11 is 0. The Bertz CT molecular complexity index is 768. The average molecular weight is 365 g/mol. The van der Waals surface area contributed by atoms with Crippen molar-refractivity contribution in [2.75, 3.05) is 25.0 Å². The molecule has 2 aromatic rings. The first-order valence-corrected chi connectivity index (χ1v) is 9.55. The quantitative estimate of drug-likeness (QED) is 0.826. The van der Waals surface area contributed by atoms with E-state index in [-0.39, 0.29) is 18.4 Å². The lowest BCUT2D eigenvalue weighted by Gasteiger charge is -2.30. The van der Waals surface area contributed by atoms with Crippen LogP contribution in [0.1, 0.15) is 35.7 Å². The van der Waals surface area contributed by atoms with Crippen molar-refractivity contribution in [1.82, 2.24) is 10.2 Å². The van der Waals surface area contributed by atoms with Gasteiger partial charge in [0, 0.05) is 30.9 Å². The zero-order chi connectivity index (χ0) is 19.1. The maximum Gasteiger partial charge on any atom is 0.253 e. The molecule has 142 valence electrons. The molecule has 27 heavy (non-hydrogen) atoms. The van der Waals surface area contributed by atoms with Gasteiger partial charge in [-0.2, -0.15) is 0 Å². The Labute approximate surface area is 160 Å². The summed E-state index contributed by atoms with van der Waals surface area (Å²) in [5, 5.41) is 5.99. The van der Waals surface area contributed by atoms with Crippen LogP contribution in [0.25, 0.3) is 0 Å². The fourth-order valence-electron chi connectivity index (χ4n) is 3.20. The highest BCUT2D eigenvalue weighted by atomic mass is 16.2. The zero-order valence-corrected chi connectivity index (χ0v) is 15.8. The van der Waals surface area contributed by atoms with Gasteiger partial charge in [-0.05, 0) is 42.5 Å². The van der Waals surface area contributed by atoms with Crippen LogP contribution < -0.4 is 10.6 Å². The fraction of sp³-hybridized carbons (Fsp3) is 0.364. The SMILES string of the molecule is CC1CCN(C(=O)c2cccc(NCC(=O)NCc3ccccc3)c2)CC1. The molecular formula is C22H27N3O2. The van der Waals surface area contributed by atoms with Gasteiger partial charge in [0.2, 0.25) is 5.91 Å². The normalized spacial score (nSPS) is 14.6. The molecule has 0 aromatic heterocycles. The maximum atomic E-state index is 12.7. The van der Waals surface area contributed by atoms with Gasteiger partial charge in [0.1, 0.15) is 0 Å². The average Bonchev–Trinajstić information content (AvgIpc) is 2.72. The van der Waals surface area contributed by atoms with Gasteiger partial charge in [0.05, 0.1) is 6.54 Å². The lowest BCUT2D eigenvalue weighted by atomic mass is 9.98. The summed E-state index contributed by atoms with van der Waals surface area (Å²) in [6.07, 6.45) is 2.12. The zero-order valence-electron chi connectivity index (χ0n) is 15.8. The van der Waals surface area contributed by atoms with E-state index in [1.165, 1.54) is 0 Å².